The van der Waals surface area contributed by atoms with E-state index in [0.29, 0.717) is 19.7 Å². The minimum Gasteiger partial charge on any atom is -0.465 e. The number of hydrogen-bond donors (Lipinski definition) is 0. The molecule has 0 rings (SSSR count). The third-order valence-corrected chi connectivity index (χ3v) is 1.84. The average molecular weight is 209 g/mol. The summed E-state index contributed by atoms with van der Waals surface area (Å²) in [6.07, 6.45) is 8.56. The third-order valence-electron chi connectivity index (χ3n) is 1.84. The molecule has 0 N–H and O–H groups in total. The zero-order valence-corrected chi connectivity index (χ0v) is 9.37. The van der Waals surface area contributed by atoms with E-state index in [-0.39, 0.29) is 5.97 Å². The van der Waals surface area contributed by atoms with Crippen molar-refractivity contribution < 1.29 is 9.53 Å². The lowest BCUT2D eigenvalue weighted by molar-refractivity contribution is -0.144. The summed E-state index contributed by atoms with van der Waals surface area (Å²) in [5.41, 5.74) is 0. The van der Waals surface area contributed by atoms with Crippen molar-refractivity contribution in [2.75, 3.05) is 26.2 Å². The second-order valence-corrected chi connectivity index (χ2v) is 3.14. The van der Waals surface area contributed by atoms with E-state index in [2.05, 4.69) is 12.5 Å². The molecule has 3 nitrogen and oxygen atoms in total. The van der Waals surface area contributed by atoms with E-state index in [9.17, 15) is 4.79 Å². The summed E-state index contributed by atoms with van der Waals surface area (Å²) < 4.78 is 4.87. The summed E-state index contributed by atoms with van der Waals surface area (Å²) in [5.74, 6) is 2.38. The largest absolute Gasteiger partial charge is 0.465 e. The smallest absolute Gasteiger partial charge is 0.320 e. The first kappa shape index (κ1) is 13.7. The maximum absolute atomic E-state index is 11.2. The van der Waals surface area contributed by atoms with Crippen LogP contribution >= 0.6 is 0 Å². The molecule has 0 spiro atoms. The number of esters is 1. The van der Waals surface area contributed by atoms with Gasteiger partial charge in [0.25, 0.3) is 0 Å². The predicted octanol–water partition coefficient (Wildman–Crippen LogP) is 1.45. The zero-order valence-electron chi connectivity index (χ0n) is 9.37. The Bertz CT molecular complexity index is 230. The third kappa shape index (κ3) is 7.77. The minimum atomic E-state index is -0.194. The van der Waals surface area contributed by atoms with Crippen molar-refractivity contribution in [1.82, 2.24) is 4.90 Å². The maximum Gasteiger partial charge on any atom is 0.320 e. The molecular formula is C12H19NO2. The molecule has 0 aliphatic rings. The van der Waals surface area contributed by atoms with Gasteiger partial charge in [-0.2, -0.15) is 0 Å². The highest BCUT2D eigenvalue weighted by Gasteiger charge is 2.09. The molecule has 0 unspecified atom stereocenters. The summed E-state index contributed by atoms with van der Waals surface area (Å²) in [6.45, 7) is 7.66. The van der Waals surface area contributed by atoms with Gasteiger partial charge in [0.05, 0.1) is 13.2 Å². The molecule has 0 atom stereocenters. The van der Waals surface area contributed by atoms with Crippen LogP contribution in [0.25, 0.3) is 0 Å². The molecule has 0 bridgehead atoms. The van der Waals surface area contributed by atoms with Crippen molar-refractivity contribution >= 4 is 5.97 Å². The molecule has 3 heteroatoms. The Balaban J connectivity index is 3.86. The van der Waals surface area contributed by atoms with E-state index in [4.69, 9.17) is 11.2 Å². The molecule has 0 aromatic heterocycles. The molecule has 0 aliphatic carbocycles. The Hall–Kier alpha value is -1.27. The van der Waals surface area contributed by atoms with Gasteiger partial charge in [-0.1, -0.05) is 6.08 Å². The molecule has 0 heterocycles. The van der Waals surface area contributed by atoms with Crippen LogP contribution in [-0.2, 0) is 9.53 Å². The first-order valence-corrected chi connectivity index (χ1v) is 5.16. The molecule has 0 saturated carbocycles. The molecule has 15 heavy (non-hydrogen) atoms. The molecule has 0 fully saturated rings. The van der Waals surface area contributed by atoms with Gasteiger partial charge < -0.3 is 4.74 Å². The van der Waals surface area contributed by atoms with Crippen LogP contribution in [0.2, 0.25) is 0 Å². The van der Waals surface area contributed by atoms with Crippen LogP contribution in [0.15, 0.2) is 12.7 Å². The van der Waals surface area contributed by atoms with E-state index < -0.39 is 0 Å². The fourth-order valence-electron chi connectivity index (χ4n) is 1.21. The van der Waals surface area contributed by atoms with Gasteiger partial charge in [-0.15, -0.1) is 18.9 Å². The minimum absolute atomic E-state index is 0.194. The number of carbonyl (C=O) groups excluding carboxylic acids is 1. The first-order valence-electron chi connectivity index (χ1n) is 5.16. The summed E-state index contributed by atoms with van der Waals surface area (Å²) in [5, 5.41) is 0. The number of nitrogens with zero attached hydrogens (tertiary/aromatic N) is 1. The zero-order chi connectivity index (χ0) is 11.5. The molecular weight excluding hydrogens is 190 g/mol. The van der Waals surface area contributed by atoms with Crippen molar-refractivity contribution in [2.24, 2.45) is 0 Å². The fraction of sp³-hybridized carbons (Fsp3) is 0.583. The lowest BCUT2D eigenvalue weighted by atomic mass is 10.3. The number of rotatable bonds is 8. The number of unbranched alkanes of at least 4 members (excludes halogenated alkanes) is 1. The lowest BCUT2D eigenvalue weighted by Gasteiger charge is -2.18. The molecule has 0 aromatic rings. The summed E-state index contributed by atoms with van der Waals surface area (Å²) in [6, 6.07) is 0. The quantitative estimate of drug-likeness (QED) is 0.262. The maximum atomic E-state index is 11.2. The van der Waals surface area contributed by atoms with Gasteiger partial charge in [-0.3, -0.25) is 9.69 Å². The normalized spacial score (nSPS) is 9.67. The van der Waals surface area contributed by atoms with E-state index >= 15 is 0 Å². The molecule has 0 saturated heterocycles. The highest BCUT2D eigenvalue weighted by Crippen LogP contribution is 1.96. The number of terminal acetylenes is 1. The van der Waals surface area contributed by atoms with Gasteiger partial charge in [0, 0.05) is 13.0 Å². The summed E-state index contributed by atoms with van der Waals surface area (Å²) in [4.78, 5) is 13.2. The van der Waals surface area contributed by atoms with Crippen molar-refractivity contribution in [3.63, 3.8) is 0 Å². The molecule has 84 valence electrons. The molecule has 0 aliphatic heterocycles. The van der Waals surface area contributed by atoms with Gasteiger partial charge >= 0.3 is 5.97 Å². The van der Waals surface area contributed by atoms with Gasteiger partial charge in [0.2, 0.25) is 0 Å². The van der Waals surface area contributed by atoms with Crippen molar-refractivity contribution in [3.8, 4) is 12.3 Å². The van der Waals surface area contributed by atoms with Crippen LogP contribution in [-0.4, -0.2) is 37.1 Å². The Kier molecular flexibility index (Phi) is 8.50. The molecule has 0 amide bonds. The van der Waals surface area contributed by atoms with Crippen LogP contribution in [0.3, 0.4) is 0 Å². The molecule has 0 radical (unpaired) electrons. The van der Waals surface area contributed by atoms with Gasteiger partial charge in [0.1, 0.15) is 0 Å². The van der Waals surface area contributed by atoms with E-state index in [1.165, 1.54) is 0 Å². The highest BCUT2D eigenvalue weighted by atomic mass is 16.5. The van der Waals surface area contributed by atoms with Crippen LogP contribution in [0.5, 0.6) is 0 Å². The Labute approximate surface area is 92.1 Å². The number of ether oxygens (including phenoxy) is 1. The van der Waals surface area contributed by atoms with E-state index in [1.54, 1.807) is 13.0 Å². The topological polar surface area (TPSA) is 29.5 Å². The molecule has 0 aromatic carbocycles. The van der Waals surface area contributed by atoms with Crippen LogP contribution < -0.4 is 0 Å². The van der Waals surface area contributed by atoms with Crippen LogP contribution in [0, 0.1) is 12.3 Å². The van der Waals surface area contributed by atoms with Gasteiger partial charge in [-0.05, 0) is 19.9 Å². The highest BCUT2D eigenvalue weighted by molar-refractivity contribution is 5.71. The summed E-state index contributed by atoms with van der Waals surface area (Å²) in [7, 11) is 0. The lowest BCUT2D eigenvalue weighted by Crippen LogP contribution is -2.32. The second kappa shape index (κ2) is 9.29. The monoisotopic (exact) mass is 209 g/mol. The Morgan fingerprint density at radius 3 is 2.93 bits per heavy atom. The SMILES string of the molecule is C#CCCCN(CC=C)CC(=O)OCC. The Morgan fingerprint density at radius 1 is 1.67 bits per heavy atom. The number of hydrogen-bond acceptors (Lipinski definition) is 3. The van der Waals surface area contributed by atoms with Crippen molar-refractivity contribution in [1.29, 1.82) is 0 Å². The average Bonchev–Trinajstić information content (AvgIpc) is 2.18. The van der Waals surface area contributed by atoms with E-state index in [0.717, 1.165) is 19.4 Å². The van der Waals surface area contributed by atoms with Crippen LogP contribution in [0.1, 0.15) is 19.8 Å². The standard InChI is InChI=1S/C12H19NO2/c1-4-7-8-10-13(9-5-2)11-12(14)15-6-3/h1,5H,2,6-11H2,3H3. The van der Waals surface area contributed by atoms with Crippen molar-refractivity contribution in [2.45, 2.75) is 19.8 Å². The second-order valence-electron chi connectivity index (χ2n) is 3.14. The fourth-order valence-corrected chi connectivity index (χ4v) is 1.21. The van der Waals surface area contributed by atoms with Crippen molar-refractivity contribution in [3.05, 3.63) is 12.7 Å². The Morgan fingerprint density at radius 2 is 2.40 bits per heavy atom. The number of carbonyl (C=O) groups is 1. The van der Waals surface area contributed by atoms with Crippen LogP contribution in [0.4, 0.5) is 0 Å². The van der Waals surface area contributed by atoms with E-state index in [1.807, 2.05) is 4.90 Å². The van der Waals surface area contributed by atoms with Gasteiger partial charge in [0.15, 0.2) is 0 Å². The van der Waals surface area contributed by atoms with Gasteiger partial charge in [-0.25, -0.2) is 0 Å². The summed E-state index contributed by atoms with van der Waals surface area (Å²) >= 11 is 0. The predicted molar refractivity (Wildman–Crippen MR) is 61.3 cm³/mol. The first-order chi connectivity index (χ1) is 7.24.